The van der Waals surface area contributed by atoms with Gasteiger partial charge in [-0.15, -0.1) is 0 Å². The Morgan fingerprint density at radius 2 is 1.94 bits per heavy atom. The van der Waals surface area contributed by atoms with E-state index in [0.29, 0.717) is 16.0 Å². The molecular weight excluding hydrogens is 480 g/mol. The van der Waals surface area contributed by atoms with Gasteiger partial charge in [-0.1, -0.05) is 30.4 Å². The second kappa shape index (κ2) is 10.4. The van der Waals surface area contributed by atoms with Gasteiger partial charge in [-0.05, 0) is 60.5 Å². The Kier molecular flexibility index (Phi) is 7.91. The number of hydrogen-bond acceptors (Lipinski definition) is 5. The molecule has 0 aliphatic carbocycles. The molecule has 166 valence electrons. The molecule has 0 bridgehead atoms. The lowest BCUT2D eigenvalue weighted by Crippen LogP contribution is -2.47. The number of nitrogens with zero attached hydrogens (tertiary/aromatic N) is 1. The summed E-state index contributed by atoms with van der Waals surface area (Å²) in [5.41, 5.74) is 2.59. The minimum atomic E-state index is -0.251. The number of thiocarbonyl (C=S) groups is 1. The minimum Gasteiger partial charge on any atom is -0.493 e. The number of amides is 1. The van der Waals surface area contributed by atoms with Gasteiger partial charge in [0.1, 0.15) is 4.99 Å². The summed E-state index contributed by atoms with van der Waals surface area (Å²) < 4.78 is 17.8. The lowest BCUT2D eigenvalue weighted by molar-refractivity contribution is -0.118. The molecule has 6 nitrogen and oxygen atoms in total. The first-order valence-corrected chi connectivity index (χ1v) is 11.3. The quantitative estimate of drug-likeness (QED) is 0.579. The predicted molar refractivity (Wildman–Crippen MR) is 129 cm³/mol. The first kappa shape index (κ1) is 23.5. The molecule has 2 aromatic rings. The molecule has 0 unspecified atom stereocenters. The van der Waals surface area contributed by atoms with Gasteiger partial charge in [0, 0.05) is 24.3 Å². The summed E-state index contributed by atoms with van der Waals surface area (Å²) in [4.78, 5) is 15.2. The van der Waals surface area contributed by atoms with Crippen LogP contribution in [-0.4, -0.2) is 54.8 Å². The fourth-order valence-electron chi connectivity index (χ4n) is 3.55. The first-order valence-electron chi connectivity index (χ1n) is 10.1. The van der Waals surface area contributed by atoms with Crippen molar-refractivity contribution in [2.75, 3.05) is 32.1 Å². The molecule has 1 fully saturated rings. The maximum absolute atomic E-state index is 12.4. The number of nitrogens with one attached hydrogen (secondary N) is 1. The second-order valence-electron chi connectivity index (χ2n) is 7.61. The number of anilines is 1. The Morgan fingerprint density at radius 1 is 1.26 bits per heavy atom. The Bertz CT molecular complexity index is 959. The number of benzene rings is 2. The summed E-state index contributed by atoms with van der Waals surface area (Å²) in [5.74, 6) is 0.710. The van der Waals surface area contributed by atoms with Gasteiger partial charge in [-0.2, -0.15) is 0 Å². The minimum absolute atomic E-state index is 0.112. The highest BCUT2D eigenvalue weighted by atomic mass is 79.9. The molecular formula is C23H27BrN2O4S. The maximum Gasteiger partial charge on any atom is 0.262 e. The van der Waals surface area contributed by atoms with Gasteiger partial charge >= 0.3 is 0 Å². The summed E-state index contributed by atoms with van der Waals surface area (Å²) in [5, 5.41) is 2.86. The van der Waals surface area contributed by atoms with Gasteiger partial charge in [-0.25, -0.2) is 0 Å². The van der Waals surface area contributed by atoms with E-state index in [1.807, 2.05) is 57.2 Å². The summed E-state index contributed by atoms with van der Waals surface area (Å²) >= 11 is 9.28. The van der Waals surface area contributed by atoms with E-state index in [4.69, 9.17) is 26.4 Å². The van der Waals surface area contributed by atoms with Gasteiger partial charge in [0.05, 0.1) is 23.8 Å². The monoisotopic (exact) mass is 506 g/mol. The van der Waals surface area contributed by atoms with E-state index in [-0.39, 0.29) is 24.7 Å². The van der Waals surface area contributed by atoms with E-state index >= 15 is 0 Å². The number of para-hydroxylation sites is 1. The molecule has 1 saturated heterocycles. The predicted octanol–water partition coefficient (Wildman–Crippen LogP) is 4.57. The standard InChI is InChI=1S/C23H27BrN2O4S/c1-14-7-5-6-8-19(14)25-21(27)13-29-22-18(24)9-17(10-20(22)28-4)23(31)26-11-15(2)30-16(3)12-26/h5-10,15-16H,11-13H2,1-4H3,(H,25,27)/t15-,16-/m0/s1. The van der Waals surface area contributed by atoms with E-state index in [1.54, 1.807) is 7.11 Å². The molecule has 1 heterocycles. The van der Waals surface area contributed by atoms with Crippen LogP contribution in [0, 0.1) is 6.92 Å². The largest absolute Gasteiger partial charge is 0.493 e. The second-order valence-corrected chi connectivity index (χ2v) is 8.85. The molecule has 2 atom stereocenters. The van der Waals surface area contributed by atoms with E-state index in [2.05, 4.69) is 26.1 Å². The van der Waals surface area contributed by atoms with Crippen LogP contribution in [0.5, 0.6) is 11.5 Å². The molecule has 2 aromatic carbocycles. The maximum atomic E-state index is 12.4. The van der Waals surface area contributed by atoms with Crippen LogP contribution < -0.4 is 14.8 Å². The van der Waals surface area contributed by atoms with Crippen LogP contribution in [0.1, 0.15) is 25.0 Å². The van der Waals surface area contributed by atoms with Crippen molar-refractivity contribution in [3.8, 4) is 11.5 Å². The third kappa shape index (κ3) is 5.96. The first-order chi connectivity index (χ1) is 14.8. The van der Waals surface area contributed by atoms with Gasteiger partial charge in [-0.3, -0.25) is 4.79 Å². The van der Waals surface area contributed by atoms with E-state index < -0.39 is 0 Å². The van der Waals surface area contributed by atoms with Crippen LogP contribution in [0.3, 0.4) is 0 Å². The smallest absolute Gasteiger partial charge is 0.262 e. The van der Waals surface area contributed by atoms with Crippen molar-refractivity contribution in [3.05, 3.63) is 52.0 Å². The van der Waals surface area contributed by atoms with Crippen LogP contribution in [0.4, 0.5) is 5.69 Å². The number of halogens is 1. The fraction of sp³-hybridized carbons (Fsp3) is 0.391. The Balaban J connectivity index is 1.71. The molecule has 1 aliphatic heterocycles. The third-order valence-corrected chi connectivity index (χ3v) is 6.03. The molecule has 3 rings (SSSR count). The molecule has 31 heavy (non-hydrogen) atoms. The SMILES string of the molecule is COc1cc(C(=S)N2C[C@H](C)O[C@@H](C)C2)cc(Br)c1OCC(=O)Nc1ccccc1C. The van der Waals surface area contributed by atoms with E-state index in [0.717, 1.165) is 34.9 Å². The van der Waals surface area contributed by atoms with Crippen molar-refractivity contribution in [1.29, 1.82) is 0 Å². The lowest BCUT2D eigenvalue weighted by atomic mass is 10.1. The molecule has 1 amide bonds. The lowest BCUT2D eigenvalue weighted by Gasteiger charge is -2.37. The molecule has 0 radical (unpaired) electrons. The van der Waals surface area contributed by atoms with Crippen LogP contribution in [-0.2, 0) is 9.53 Å². The summed E-state index contributed by atoms with van der Waals surface area (Å²) in [6.45, 7) is 7.35. The van der Waals surface area contributed by atoms with Crippen LogP contribution in [0.2, 0.25) is 0 Å². The van der Waals surface area contributed by atoms with Crippen molar-refractivity contribution in [1.82, 2.24) is 4.90 Å². The van der Waals surface area contributed by atoms with Gasteiger partial charge in [0.15, 0.2) is 18.1 Å². The van der Waals surface area contributed by atoms with Gasteiger partial charge in [0.2, 0.25) is 0 Å². The molecule has 8 heteroatoms. The highest BCUT2D eigenvalue weighted by Crippen LogP contribution is 2.37. The summed E-state index contributed by atoms with van der Waals surface area (Å²) in [6.07, 6.45) is 0.225. The Labute approximate surface area is 197 Å². The Hall–Kier alpha value is -2.16. The highest BCUT2D eigenvalue weighted by Gasteiger charge is 2.25. The van der Waals surface area contributed by atoms with Crippen molar-refractivity contribution in [2.45, 2.75) is 33.0 Å². The molecule has 1 aliphatic rings. The summed E-state index contributed by atoms with van der Waals surface area (Å²) in [6, 6.07) is 11.3. The fourth-order valence-corrected chi connectivity index (χ4v) is 4.37. The number of carbonyl (C=O) groups excluding carboxylic acids is 1. The average molecular weight is 507 g/mol. The normalized spacial score (nSPS) is 18.4. The number of methoxy groups -OCH3 is 1. The van der Waals surface area contributed by atoms with Crippen molar-refractivity contribution in [3.63, 3.8) is 0 Å². The number of aryl methyl sites for hydroxylation is 1. The zero-order chi connectivity index (χ0) is 22.5. The van der Waals surface area contributed by atoms with Crippen LogP contribution in [0.25, 0.3) is 0 Å². The van der Waals surface area contributed by atoms with Crippen molar-refractivity contribution < 1.29 is 19.0 Å². The van der Waals surface area contributed by atoms with E-state index in [1.165, 1.54) is 0 Å². The number of hydrogen-bond donors (Lipinski definition) is 1. The highest BCUT2D eigenvalue weighted by molar-refractivity contribution is 9.10. The van der Waals surface area contributed by atoms with Crippen molar-refractivity contribution in [2.24, 2.45) is 0 Å². The number of ether oxygens (including phenoxy) is 3. The molecule has 1 N–H and O–H groups in total. The summed E-state index contributed by atoms with van der Waals surface area (Å²) in [7, 11) is 1.56. The molecule has 0 saturated carbocycles. The molecule has 0 aromatic heterocycles. The topological polar surface area (TPSA) is 60.0 Å². The van der Waals surface area contributed by atoms with Gasteiger partial charge < -0.3 is 24.4 Å². The number of rotatable bonds is 6. The zero-order valence-corrected chi connectivity index (χ0v) is 20.5. The Morgan fingerprint density at radius 3 is 2.58 bits per heavy atom. The van der Waals surface area contributed by atoms with Crippen LogP contribution >= 0.6 is 28.1 Å². The van der Waals surface area contributed by atoms with Gasteiger partial charge in [0.25, 0.3) is 5.91 Å². The molecule has 0 spiro atoms. The third-order valence-electron chi connectivity index (χ3n) is 4.95. The zero-order valence-electron chi connectivity index (χ0n) is 18.1. The van der Waals surface area contributed by atoms with Crippen molar-refractivity contribution >= 4 is 44.7 Å². The van der Waals surface area contributed by atoms with Crippen LogP contribution in [0.15, 0.2) is 40.9 Å². The number of carbonyl (C=O) groups is 1. The van der Waals surface area contributed by atoms with E-state index in [9.17, 15) is 4.79 Å². The average Bonchev–Trinajstić information content (AvgIpc) is 2.72. The number of morpholine rings is 1.